The quantitative estimate of drug-likeness (QED) is 0.789. The zero-order valence-corrected chi connectivity index (χ0v) is 12.7. The maximum Gasteiger partial charge on any atom is 0.242 e. The summed E-state index contributed by atoms with van der Waals surface area (Å²) in [6.07, 6.45) is 0.210. The van der Waals surface area contributed by atoms with Crippen molar-refractivity contribution in [3.63, 3.8) is 0 Å². The van der Waals surface area contributed by atoms with E-state index in [-0.39, 0.29) is 43.1 Å². The second-order valence-corrected chi connectivity index (χ2v) is 8.71. The largest absolute Gasteiger partial charge is 0.347 e. The predicted octanol–water partition coefficient (Wildman–Crippen LogP) is -0.0633. The van der Waals surface area contributed by atoms with Crippen molar-refractivity contribution in [1.82, 2.24) is 10.2 Å². The summed E-state index contributed by atoms with van der Waals surface area (Å²) in [6.45, 7) is 6.75. The Kier molecular flexibility index (Phi) is 4.60. The van der Waals surface area contributed by atoms with Crippen LogP contribution in [0.15, 0.2) is 0 Å². The van der Waals surface area contributed by atoms with Gasteiger partial charge in [0, 0.05) is 19.0 Å². The van der Waals surface area contributed by atoms with Gasteiger partial charge in [0.05, 0.1) is 17.0 Å². The molecule has 7 heteroatoms. The van der Waals surface area contributed by atoms with Crippen LogP contribution in [0.3, 0.4) is 0 Å². The number of carbonyl (C=O) groups excluding carboxylic acids is 2. The second kappa shape index (κ2) is 5.48. The maximum atomic E-state index is 12.0. The summed E-state index contributed by atoms with van der Waals surface area (Å²) in [7, 11) is -3.27. The van der Waals surface area contributed by atoms with E-state index in [2.05, 4.69) is 5.32 Å². The lowest BCUT2D eigenvalue weighted by Gasteiger charge is -2.28. The van der Waals surface area contributed by atoms with E-state index in [1.165, 1.54) is 4.90 Å². The minimum atomic E-state index is -3.27. The monoisotopic (exact) mass is 290 g/mol. The van der Waals surface area contributed by atoms with Crippen molar-refractivity contribution in [3.05, 3.63) is 0 Å². The molecule has 1 N–H and O–H groups in total. The van der Waals surface area contributed by atoms with Crippen molar-refractivity contribution >= 4 is 21.7 Å². The van der Waals surface area contributed by atoms with Crippen LogP contribution < -0.4 is 5.32 Å². The van der Waals surface area contributed by atoms with E-state index in [1.807, 2.05) is 0 Å². The Labute approximate surface area is 114 Å². The van der Waals surface area contributed by atoms with Gasteiger partial charge in [0.15, 0.2) is 9.84 Å². The molecule has 0 aromatic heterocycles. The van der Waals surface area contributed by atoms with E-state index in [9.17, 15) is 18.0 Å². The lowest BCUT2D eigenvalue weighted by atomic mass is 10.2. The lowest BCUT2D eigenvalue weighted by molar-refractivity contribution is -0.131. The van der Waals surface area contributed by atoms with Crippen molar-refractivity contribution in [2.75, 3.05) is 18.8 Å². The van der Waals surface area contributed by atoms with Crippen LogP contribution in [0.5, 0.6) is 0 Å². The Morgan fingerprint density at radius 2 is 1.89 bits per heavy atom. The summed E-state index contributed by atoms with van der Waals surface area (Å²) < 4.78 is 23.2. The van der Waals surface area contributed by atoms with Gasteiger partial charge in [-0.05, 0) is 27.7 Å². The highest BCUT2D eigenvalue weighted by Crippen LogP contribution is 2.17. The average molecular weight is 290 g/mol. The van der Waals surface area contributed by atoms with E-state index in [4.69, 9.17) is 0 Å². The molecular weight excluding hydrogens is 268 g/mol. The van der Waals surface area contributed by atoms with E-state index in [1.54, 1.807) is 27.7 Å². The molecule has 110 valence electrons. The minimum Gasteiger partial charge on any atom is -0.347 e. The Morgan fingerprint density at radius 3 is 2.42 bits per heavy atom. The summed E-state index contributed by atoms with van der Waals surface area (Å²) >= 11 is 0. The summed E-state index contributed by atoms with van der Waals surface area (Å²) in [5, 5.41) is 2.50. The van der Waals surface area contributed by atoms with E-state index in [0.717, 1.165) is 0 Å². The fraction of sp³-hybridized carbons (Fsp3) is 0.833. The highest BCUT2D eigenvalue weighted by atomic mass is 32.2. The topological polar surface area (TPSA) is 83.6 Å². The zero-order chi connectivity index (χ0) is 14.8. The van der Waals surface area contributed by atoms with Crippen LogP contribution in [-0.4, -0.2) is 54.8 Å². The maximum absolute atomic E-state index is 12.0. The van der Waals surface area contributed by atoms with Crippen molar-refractivity contribution in [2.45, 2.75) is 44.9 Å². The van der Waals surface area contributed by atoms with Gasteiger partial charge in [-0.1, -0.05) is 0 Å². The molecule has 1 unspecified atom stereocenters. The molecular formula is C12H22N2O4S. The minimum absolute atomic E-state index is 0.0568. The summed E-state index contributed by atoms with van der Waals surface area (Å²) in [5.41, 5.74) is 0. The summed E-state index contributed by atoms with van der Waals surface area (Å²) in [4.78, 5) is 24.7. The highest BCUT2D eigenvalue weighted by molar-refractivity contribution is 7.92. The fourth-order valence-electron chi connectivity index (χ4n) is 1.84. The molecule has 0 saturated carbocycles. The third-order valence-corrected chi connectivity index (χ3v) is 5.89. The first-order valence-electron chi connectivity index (χ1n) is 6.33. The molecule has 1 aliphatic heterocycles. The van der Waals surface area contributed by atoms with Gasteiger partial charge in [-0.25, -0.2) is 8.42 Å². The van der Waals surface area contributed by atoms with Crippen LogP contribution in [0, 0.1) is 0 Å². The molecule has 2 amide bonds. The third kappa shape index (κ3) is 3.92. The SMILES string of the molecule is CC1CC(=O)NCC(=O)N1CCS(=O)(=O)C(C)(C)C. The van der Waals surface area contributed by atoms with Gasteiger partial charge in [-0.3, -0.25) is 9.59 Å². The number of amides is 2. The van der Waals surface area contributed by atoms with Crippen molar-refractivity contribution in [2.24, 2.45) is 0 Å². The fourth-order valence-corrected chi connectivity index (χ4v) is 2.89. The number of carbonyl (C=O) groups is 2. The Bertz CT molecular complexity index is 465. The normalized spacial score (nSPS) is 22.1. The third-order valence-electron chi connectivity index (χ3n) is 3.30. The molecule has 0 spiro atoms. The molecule has 6 nitrogen and oxygen atoms in total. The van der Waals surface area contributed by atoms with Gasteiger partial charge in [0.25, 0.3) is 0 Å². The van der Waals surface area contributed by atoms with Crippen LogP contribution in [0.2, 0.25) is 0 Å². The van der Waals surface area contributed by atoms with Gasteiger partial charge in [0.2, 0.25) is 11.8 Å². The van der Waals surface area contributed by atoms with Gasteiger partial charge in [0.1, 0.15) is 0 Å². The molecule has 1 heterocycles. The second-order valence-electron chi connectivity index (χ2n) is 5.85. The molecule has 1 fully saturated rings. The number of sulfone groups is 1. The van der Waals surface area contributed by atoms with Crippen molar-refractivity contribution < 1.29 is 18.0 Å². The molecule has 19 heavy (non-hydrogen) atoms. The van der Waals surface area contributed by atoms with Crippen molar-refractivity contribution in [1.29, 1.82) is 0 Å². The molecule has 0 radical (unpaired) electrons. The number of hydrogen-bond acceptors (Lipinski definition) is 4. The number of rotatable bonds is 3. The highest BCUT2D eigenvalue weighted by Gasteiger charge is 2.32. The van der Waals surface area contributed by atoms with E-state index < -0.39 is 14.6 Å². The number of hydrogen-bond donors (Lipinski definition) is 1. The van der Waals surface area contributed by atoms with Gasteiger partial charge >= 0.3 is 0 Å². The predicted molar refractivity (Wildman–Crippen MR) is 72.3 cm³/mol. The van der Waals surface area contributed by atoms with Gasteiger partial charge < -0.3 is 10.2 Å². The Balaban J connectivity index is 2.75. The lowest BCUT2D eigenvalue weighted by Crippen LogP contribution is -2.44. The molecule has 1 atom stereocenters. The number of nitrogens with one attached hydrogen (secondary N) is 1. The standard InChI is InChI=1S/C12H22N2O4S/c1-9-7-10(15)13-8-11(16)14(9)5-6-19(17,18)12(2,3)4/h9H,5-8H2,1-4H3,(H,13,15). The van der Waals surface area contributed by atoms with Crippen molar-refractivity contribution in [3.8, 4) is 0 Å². The Morgan fingerprint density at radius 1 is 1.32 bits per heavy atom. The average Bonchev–Trinajstić information content (AvgIpc) is 2.35. The van der Waals surface area contributed by atoms with Crippen LogP contribution in [0.1, 0.15) is 34.1 Å². The van der Waals surface area contributed by atoms with Crippen LogP contribution >= 0.6 is 0 Å². The molecule has 0 aromatic carbocycles. The first kappa shape index (κ1) is 15.9. The zero-order valence-electron chi connectivity index (χ0n) is 11.9. The van der Waals surface area contributed by atoms with E-state index >= 15 is 0 Å². The number of nitrogens with zero attached hydrogens (tertiary/aromatic N) is 1. The first-order chi connectivity index (χ1) is 8.54. The first-order valence-corrected chi connectivity index (χ1v) is 7.98. The molecule has 0 aromatic rings. The molecule has 0 bridgehead atoms. The van der Waals surface area contributed by atoms with Crippen LogP contribution in [0.25, 0.3) is 0 Å². The molecule has 1 rings (SSSR count). The molecule has 1 aliphatic rings. The van der Waals surface area contributed by atoms with Gasteiger partial charge in [-0.15, -0.1) is 0 Å². The van der Waals surface area contributed by atoms with Crippen LogP contribution in [0.4, 0.5) is 0 Å². The molecule has 1 saturated heterocycles. The van der Waals surface area contributed by atoms with Gasteiger partial charge in [-0.2, -0.15) is 0 Å². The Hall–Kier alpha value is -1.11. The summed E-state index contributed by atoms with van der Waals surface area (Å²) in [6, 6.07) is -0.273. The van der Waals surface area contributed by atoms with E-state index in [0.29, 0.717) is 0 Å². The summed E-state index contributed by atoms with van der Waals surface area (Å²) in [5.74, 6) is -0.495. The molecule has 0 aliphatic carbocycles. The smallest absolute Gasteiger partial charge is 0.242 e. The van der Waals surface area contributed by atoms with Crippen LogP contribution in [-0.2, 0) is 19.4 Å².